The van der Waals surface area contributed by atoms with Crippen molar-refractivity contribution < 1.29 is 27.9 Å². The van der Waals surface area contributed by atoms with E-state index in [0.29, 0.717) is 45.3 Å². The molecule has 2 unspecified atom stereocenters. The molecule has 1 aromatic carbocycles. The van der Waals surface area contributed by atoms with Gasteiger partial charge in [0.15, 0.2) is 0 Å². The van der Waals surface area contributed by atoms with Crippen molar-refractivity contribution in [3.05, 3.63) is 35.9 Å². The number of urea groups is 1. The minimum Gasteiger partial charge on any atom is -0.381 e. The van der Waals surface area contributed by atoms with Gasteiger partial charge in [-0.25, -0.2) is 13.6 Å². The average molecular weight is 637 g/mol. The van der Waals surface area contributed by atoms with Gasteiger partial charge in [-0.2, -0.15) is 0 Å². The molecule has 4 amide bonds. The van der Waals surface area contributed by atoms with Crippen LogP contribution >= 0.6 is 12.4 Å². The first kappa shape index (κ1) is 33.1. The lowest BCUT2D eigenvalue weighted by Gasteiger charge is -2.48. The molecule has 0 aromatic heterocycles. The Morgan fingerprint density at radius 3 is 2.16 bits per heavy atom. The van der Waals surface area contributed by atoms with E-state index in [0.717, 1.165) is 24.9 Å². The van der Waals surface area contributed by atoms with Gasteiger partial charge in [-0.15, -0.1) is 12.4 Å². The van der Waals surface area contributed by atoms with Crippen LogP contribution in [0.4, 0.5) is 13.6 Å². The normalized spacial score (nSPS) is 30.2. The quantitative estimate of drug-likeness (QED) is 0.371. The Morgan fingerprint density at radius 1 is 0.955 bits per heavy atom. The summed E-state index contributed by atoms with van der Waals surface area (Å²) in [6.45, 7) is 5.91. The van der Waals surface area contributed by atoms with Crippen LogP contribution in [0.5, 0.6) is 0 Å². The Bertz CT molecular complexity index is 1170. The average Bonchev–Trinajstić information content (AvgIpc) is 3.35. The molecule has 6 rings (SSSR count). The van der Waals surface area contributed by atoms with Gasteiger partial charge in [0.25, 0.3) is 5.91 Å². The summed E-state index contributed by atoms with van der Waals surface area (Å²) in [4.78, 5) is 47.2. The summed E-state index contributed by atoms with van der Waals surface area (Å²) < 4.78 is 33.0. The summed E-state index contributed by atoms with van der Waals surface area (Å²) in [6.07, 6.45) is 5.24. The van der Waals surface area contributed by atoms with Crippen LogP contribution in [-0.2, 0) is 14.3 Å². The zero-order valence-electron chi connectivity index (χ0n) is 25.9. The number of nitrogens with one attached hydrogen (secondary N) is 1. The SMILES string of the molecule is CC(C)N1C(=O)N(C2CCOCC2)C(=O)C12CC1CCC(C2)N1CC[C@H](NC(=O)C1CCC(F)(F)CC1)c1ccccc1.Cl. The van der Waals surface area contributed by atoms with Crippen LogP contribution in [0.1, 0.15) is 96.1 Å². The van der Waals surface area contributed by atoms with Gasteiger partial charge in [0.2, 0.25) is 11.8 Å². The third-order valence-electron chi connectivity index (χ3n) is 10.8. The second-order valence-corrected chi connectivity index (χ2v) is 13.7. The van der Waals surface area contributed by atoms with E-state index in [2.05, 4.69) is 10.2 Å². The molecule has 11 heteroatoms. The molecule has 3 atom stereocenters. The van der Waals surface area contributed by atoms with Crippen LogP contribution in [0.2, 0.25) is 0 Å². The van der Waals surface area contributed by atoms with E-state index in [1.54, 1.807) is 4.90 Å². The van der Waals surface area contributed by atoms with Crippen molar-refractivity contribution >= 4 is 30.3 Å². The first-order valence-corrected chi connectivity index (χ1v) is 16.3. The molecule has 244 valence electrons. The van der Waals surface area contributed by atoms with Crippen LogP contribution in [0.3, 0.4) is 0 Å². The lowest BCUT2D eigenvalue weighted by molar-refractivity contribution is -0.140. The summed E-state index contributed by atoms with van der Waals surface area (Å²) in [5.41, 5.74) is 0.203. The number of hydrogen-bond acceptors (Lipinski definition) is 5. The van der Waals surface area contributed by atoms with Gasteiger partial charge in [-0.1, -0.05) is 30.3 Å². The van der Waals surface area contributed by atoms with E-state index < -0.39 is 11.5 Å². The molecule has 1 saturated carbocycles. The smallest absolute Gasteiger partial charge is 0.328 e. The third-order valence-corrected chi connectivity index (χ3v) is 10.8. The van der Waals surface area contributed by atoms with Crippen molar-refractivity contribution in [2.45, 2.75) is 126 Å². The standard InChI is InChI=1S/C33H46F2N4O4.ClH/c1-22(2)39-31(42)38(25-13-18-43-19-14-25)30(41)32(39)20-26-8-9-27(21-32)37(26)17-12-28(23-6-4-3-5-7-23)36-29(40)24-10-15-33(34,35)16-11-24;/h3-7,22,24-28H,8-21H2,1-2H3,(H,36,40);1H/t26?,27?,28-,32?;/m0./s1. The van der Waals surface area contributed by atoms with Crippen molar-refractivity contribution in [3.63, 3.8) is 0 Å². The number of carbonyl (C=O) groups is 3. The van der Waals surface area contributed by atoms with E-state index in [9.17, 15) is 23.2 Å². The molecule has 2 bridgehead atoms. The number of piperidine rings is 1. The van der Waals surface area contributed by atoms with Gasteiger partial charge in [-0.3, -0.25) is 19.4 Å². The molecule has 8 nitrogen and oxygen atoms in total. The molecular weight excluding hydrogens is 590 g/mol. The van der Waals surface area contributed by atoms with E-state index in [4.69, 9.17) is 4.74 Å². The summed E-state index contributed by atoms with van der Waals surface area (Å²) in [7, 11) is 0. The molecule has 4 aliphatic heterocycles. The number of hydrogen-bond donors (Lipinski definition) is 1. The number of carbonyl (C=O) groups excluding carboxylic acids is 3. The van der Waals surface area contributed by atoms with E-state index >= 15 is 0 Å². The van der Waals surface area contributed by atoms with Crippen molar-refractivity contribution in [2.24, 2.45) is 5.92 Å². The second-order valence-electron chi connectivity index (χ2n) is 13.7. The topological polar surface area (TPSA) is 82.2 Å². The van der Waals surface area contributed by atoms with E-state index in [1.807, 2.05) is 49.1 Å². The predicted molar refractivity (Wildman–Crippen MR) is 165 cm³/mol. The highest BCUT2D eigenvalue weighted by Crippen LogP contribution is 2.49. The molecule has 44 heavy (non-hydrogen) atoms. The number of benzene rings is 1. The molecule has 5 aliphatic rings. The summed E-state index contributed by atoms with van der Waals surface area (Å²) >= 11 is 0. The Hall–Kier alpha value is -2.30. The van der Waals surface area contributed by atoms with E-state index in [-0.39, 0.29) is 92.1 Å². The first-order valence-electron chi connectivity index (χ1n) is 16.3. The zero-order chi connectivity index (χ0) is 30.4. The highest BCUT2D eigenvalue weighted by atomic mass is 35.5. The maximum Gasteiger partial charge on any atom is 0.328 e. The number of imide groups is 1. The molecule has 1 aliphatic carbocycles. The first-order chi connectivity index (χ1) is 20.6. The Morgan fingerprint density at radius 2 is 1.57 bits per heavy atom. The van der Waals surface area contributed by atoms with E-state index in [1.165, 1.54) is 0 Å². The largest absolute Gasteiger partial charge is 0.381 e. The van der Waals surface area contributed by atoms with Crippen molar-refractivity contribution in [3.8, 4) is 0 Å². The molecule has 1 N–H and O–H groups in total. The van der Waals surface area contributed by atoms with Crippen LogP contribution in [0.25, 0.3) is 0 Å². The molecule has 5 fully saturated rings. The van der Waals surface area contributed by atoms with Crippen LogP contribution in [0.15, 0.2) is 30.3 Å². The van der Waals surface area contributed by atoms with Crippen LogP contribution in [0, 0.1) is 5.92 Å². The molecule has 0 radical (unpaired) electrons. The third kappa shape index (κ3) is 6.23. The summed E-state index contributed by atoms with van der Waals surface area (Å²) in [5, 5.41) is 3.21. The second kappa shape index (κ2) is 13.2. The summed E-state index contributed by atoms with van der Waals surface area (Å²) in [5.74, 6) is -3.22. The number of halogens is 3. The maximum absolute atomic E-state index is 14.2. The molecule has 1 spiro atoms. The molecule has 4 saturated heterocycles. The van der Waals surface area contributed by atoms with Crippen molar-refractivity contribution in [1.82, 2.24) is 20.0 Å². The fraction of sp³-hybridized carbons (Fsp3) is 0.727. The van der Waals surface area contributed by atoms with Gasteiger partial charge >= 0.3 is 6.03 Å². The van der Waals surface area contributed by atoms with Gasteiger partial charge in [-0.05, 0) is 77.2 Å². The van der Waals surface area contributed by atoms with Crippen molar-refractivity contribution in [1.29, 1.82) is 0 Å². The van der Waals surface area contributed by atoms with Gasteiger partial charge in [0, 0.05) is 62.7 Å². The number of nitrogens with zero attached hydrogens (tertiary/aromatic N) is 3. The number of ether oxygens (including phenoxy) is 1. The fourth-order valence-corrected chi connectivity index (χ4v) is 8.62. The lowest BCUT2D eigenvalue weighted by Crippen LogP contribution is -2.62. The molecular formula is C33H47ClF2N4O4. The molecule has 1 aromatic rings. The van der Waals surface area contributed by atoms with Gasteiger partial charge in [0.1, 0.15) is 5.54 Å². The maximum atomic E-state index is 14.2. The van der Waals surface area contributed by atoms with Gasteiger partial charge < -0.3 is 15.0 Å². The fourth-order valence-electron chi connectivity index (χ4n) is 8.62. The minimum atomic E-state index is -2.67. The van der Waals surface area contributed by atoms with Crippen molar-refractivity contribution in [2.75, 3.05) is 19.8 Å². The number of rotatable bonds is 8. The zero-order valence-corrected chi connectivity index (χ0v) is 26.7. The van der Waals surface area contributed by atoms with Crippen LogP contribution in [-0.4, -0.2) is 87.9 Å². The predicted octanol–water partition coefficient (Wildman–Crippen LogP) is 5.70. The minimum absolute atomic E-state index is 0. The number of fused-ring (bicyclic) bond motifs is 2. The highest BCUT2D eigenvalue weighted by Gasteiger charge is 2.64. The molecule has 4 heterocycles. The monoisotopic (exact) mass is 636 g/mol. The lowest BCUT2D eigenvalue weighted by atomic mass is 9.80. The number of alkyl halides is 2. The van der Waals surface area contributed by atoms with Gasteiger partial charge in [0.05, 0.1) is 6.04 Å². The summed E-state index contributed by atoms with van der Waals surface area (Å²) in [6, 6.07) is 9.68. The Kier molecular flexibility index (Phi) is 9.93. The Labute approximate surface area is 265 Å². The highest BCUT2D eigenvalue weighted by molar-refractivity contribution is 6.07. The van der Waals surface area contributed by atoms with Crippen LogP contribution < -0.4 is 5.32 Å². The number of amides is 4. The Balaban J connectivity index is 0.00000384.